The van der Waals surface area contributed by atoms with E-state index in [0.717, 1.165) is 17.9 Å². The Kier molecular flexibility index (Phi) is 5.51. The Morgan fingerprint density at radius 1 is 1.47 bits per heavy atom. The van der Waals surface area contributed by atoms with Crippen molar-refractivity contribution >= 4 is 18.5 Å². The third-order valence-corrected chi connectivity index (χ3v) is 2.77. The lowest BCUT2D eigenvalue weighted by Crippen LogP contribution is -2.34. The third-order valence-electron chi connectivity index (χ3n) is 2.50. The predicted octanol–water partition coefficient (Wildman–Crippen LogP) is 2.05. The molecule has 0 aromatic heterocycles. The standard InChI is InChI=1S/C13H20N2OS/c1-10(7-8-15(2)3)14-13(16)11-5-4-6-12(17)9-11/h4-6,9-10,17H,7-8H2,1-3H3,(H,14,16). The van der Waals surface area contributed by atoms with Gasteiger partial charge in [-0.3, -0.25) is 4.79 Å². The zero-order valence-corrected chi connectivity index (χ0v) is 11.5. The van der Waals surface area contributed by atoms with Crippen LogP contribution in [0.1, 0.15) is 23.7 Å². The van der Waals surface area contributed by atoms with Gasteiger partial charge in [-0.25, -0.2) is 0 Å². The molecule has 3 nitrogen and oxygen atoms in total. The lowest BCUT2D eigenvalue weighted by molar-refractivity contribution is 0.0936. The van der Waals surface area contributed by atoms with Crippen LogP contribution in [0.15, 0.2) is 29.2 Å². The van der Waals surface area contributed by atoms with Crippen LogP contribution in [0.25, 0.3) is 0 Å². The number of hydrogen-bond donors (Lipinski definition) is 2. The van der Waals surface area contributed by atoms with Gasteiger partial charge in [0, 0.05) is 16.5 Å². The fourth-order valence-corrected chi connectivity index (χ4v) is 1.70. The topological polar surface area (TPSA) is 32.3 Å². The zero-order chi connectivity index (χ0) is 12.8. The minimum atomic E-state index is -0.0350. The van der Waals surface area contributed by atoms with Crippen LogP contribution in [0.4, 0.5) is 0 Å². The quantitative estimate of drug-likeness (QED) is 0.786. The summed E-state index contributed by atoms with van der Waals surface area (Å²) < 4.78 is 0. The van der Waals surface area contributed by atoms with Crippen molar-refractivity contribution in [2.24, 2.45) is 0 Å². The first-order valence-electron chi connectivity index (χ1n) is 5.73. The van der Waals surface area contributed by atoms with Crippen molar-refractivity contribution in [2.45, 2.75) is 24.3 Å². The van der Waals surface area contributed by atoms with Gasteiger partial charge in [-0.1, -0.05) is 6.07 Å². The Bertz CT molecular complexity index is 379. The molecule has 94 valence electrons. The van der Waals surface area contributed by atoms with Crippen LogP contribution in [-0.4, -0.2) is 37.5 Å². The third kappa shape index (κ3) is 5.24. The van der Waals surface area contributed by atoms with E-state index in [2.05, 4.69) is 22.8 Å². The summed E-state index contributed by atoms with van der Waals surface area (Å²) in [6.45, 7) is 2.99. The van der Waals surface area contributed by atoms with Crippen LogP contribution in [0.3, 0.4) is 0 Å². The van der Waals surface area contributed by atoms with E-state index in [0.29, 0.717) is 5.56 Å². The number of thiol groups is 1. The van der Waals surface area contributed by atoms with Crippen molar-refractivity contribution in [2.75, 3.05) is 20.6 Å². The number of amides is 1. The molecule has 1 amide bonds. The minimum absolute atomic E-state index is 0.0350. The second-order valence-electron chi connectivity index (χ2n) is 4.52. The molecule has 1 rings (SSSR count). The molecule has 1 aromatic rings. The fourth-order valence-electron chi connectivity index (χ4n) is 1.48. The first-order valence-corrected chi connectivity index (χ1v) is 6.18. The van der Waals surface area contributed by atoms with Crippen LogP contribution in [0.2, 0.25) is 0 Å². The molecule has 1 N–H and O–H groups in total. The average molecular weight is 252 g/mol. The molecule has 0 heterocycles. The molecular formula is C13H20N2OS. The summed E-state index contributed by atoms with van der Waals surface area (Å²) in [5, 5.41) is 2.98. The molecule has 0 aliphatic carbocycles. The average Bonchev–Trinajstić information content (AvgIpc) is 2.26. The van der Waals surface area contributed by atoms with Gasteiger partial charge in [0.2, 0.25) is 0 Å². The summed E-state index contributed by atoms with van der Waals surface area (Å²) >= 11 is 4.22. The Morgan fingerprint density at radius 3 is 2.76 bits per heavy atom. The summed E-state index contributed by atoms with van der Waals surface area (Å²) in [5.41, 5.74) is 0.661. The van der Waals surface area contributed by atoms with Crippen molar-refractivity contribution < 1.29 is 4.79 Å². The van der Waals surface area contributed by atoms with E-state index in [1.807, 2.05) is 33.2 Å². The molecule has 0 radical (unpaired) electrons. The molecule has 4 heteroatoms. The zero-order valence-electron chi connectivity index (χ0n) is 10.6. The number of carbonyl (C=O) groups excluding carboxylic acids is 1. The van der Waals surface area contributed by atoms with E-state index in [1.165, 1.54) is 0 Å². The van der Waals surface area contributed by atoms with Gasteiger partial charge in [0.25, 0.3) is 5.91 Å². The molecule has 0 spiro atoms. The predicted molar refractivity (Wildman–Crippen MR) is 73.8 cm³/mol. The highest BCUT2D eigenvalue weighted by atomic mass is 32.1. The first-order chi connectivity index (χ1) is 7.99. The number of nitrogens with zero attached hydrogens (tertiary/aromatic N) is 1. The molecule has 17 heavy (non-hydrogen) atoms. The summed E-state index contributed by atoms with van der Waals surface area (Å²) in [6, 6.07) is 7.44. The van der Waals surface area contributed by atoms with Crippen LogP contribution >= 0.6 is 12.6 Å². The molecule has 0 aliphatic rings. The van der Waals surface area contributed by atoms with Crippen molar-refractivity contribution in [1.29, 1.82) is 0 Å². The van der Waals surface area contributed by atoms with Gasteiger partial charge >= 0.3 is 0 Å². The molecule has 1 atom stereocenters. The van der Waals surface area contributed by atoms with E-state index in [-0.39, 0.29) is 11.9 Å². The number of benzene rings is 1. The lowest BCUT2D eigenvalue weighted by atomic mass is 10.1. The van der Waals surface area contributed by atoms with E-state index in [1.54, 1.807) is 12.1 Å². The fraction of sp³-hybridized carbons (Fsp3) is 0.462. The van der Waals surface area contributed by atoms with E-state index >= 15 is 0 Å². The number of nitrogens with one attached hydrogen (secondary N) is 1. The smallest absolute Gasteiger partial charge is 0.251 e. The lowest BCUT2D eigenvalue weighted by Gasteiger charge is -2.16. The molecule has 0 saturated heterocycles. The summed E-state index contributed by atoms with van der Waals surface area (Å²) in [7, 11) is 4.05. The maximum absolute atomic E-state index is 11.9. The SMILES string of the molecule is CC(CCN(C)C)NC(=O)c1cccc(S)c1. The summed E-state index contributed by atoms with van der Waals surface area (Å²) in [6.07, 6.45) is 0.944. The van der Waals surface area contributed by atoms with Gasteiger partial charge in [0.05, 0.1) is 0 Å². The van der Waals surface area contributed by atoms with Gasteiger partial charge in [-0.15, -0.1) is 12.6 Å². The number of carbonyl (C=O) groups is 1. The van der Waals surface area contributed by atoms with Crippen LogP contribution < -0.4 is 5.32 Å². The second-order valence-corrected chi connectivity index (χ2v) is 5.03. The maximum atomic E-state index is 11.9. The van der Waals surface area contributed by atoms with Crippen molar-refractivity contribution in [3.63, 3.8) is 0 Å². The Morgan fingerprint density at radius 2 is 2.18 bits per heavy atom. The van der Waals surface area contributed by atoms with E-state index < -0.39 is 0 Å². The molecule has 1 aromatic carbocycles. The Labute approximate surface area is 109 Å². The van der Waals surface area contributed by atoms with Crippen molar-refractivity contribution in [3.8, 4) is 0 Å². The van der Waals surface area contributed by atoms with Crippen LogP contribution in [0.5, 0.6) is 0 Å². The van der Waals surface area contributed by atoms with Crippen molar-refractivity contribution in [1.82, 2.24) is 10.2 Å². The second kappa shape index (κ2) is 6.67. The molecule has 0 aliphatic heterocycles. The van der Waals surface area contributed by atoms with Gasteiger partial charge in [0.1, 0.15) is 0 Å². The first kappa shape index (κ1) is 14.1. The van der Waals surface area contributed by atoms with Gasteiger partial charge in [-0.05, 0) is 52.2 Å². The highest BCUT2D eigenvalue weighted by molar-refractivity contribution is 7.80. The normalized spacial score (nSPS) is 12.5. The van der Waals surface area contributed by atoms with E-state index in [4.69, 9.17) is 0 Å². The van der Waals surface area contributed by atoms with Gasteiger partial charge < -0.3 is 10.2 Å². The van der Waals surface area contributed by atoms with Crippen molar-refractivity contribution in [3.05, 3.63) is 29.8 Å². The molecule has 0 bridgehead atoms. The number of hydrogen-bond acceptors (Lipinski definition) is 3. The minimum Gasteiger partial charge on any atom is -0.350 e. The van der Waals surface area contributed by atoms with Crippen LogP contribution in [0, 0.1) is 0 Å². The summed E-state index contributed by atoms with van der Waals surface area (Å²) in [4.78, 5) is 14.8. The molecule has 0 saturated carbocycles. The Hall–Kier alpha value is -1.00. The van der Waals surface area contributed by atoms with Gasteiger partial charge in [0.15, 0.2) is 0 Å². The maximum Gasteiger partial charge on any atom is 0.251 e. The van der Waals surface area contributed by atoms with Gasteiger partial charge in [-0.2, -0.15) is 0 Å². The molecular weight excluding hydrogens is 232 g/mol. The van der Waals surface area contributed by atoms with E-state index in [9.17, 15) is 4.79 Å². The highest BCUT2D eigenvalue weighted by Crippen LogP contribution is 2.09. The monoisotopic (exact) mass is 252 g/mol. The molecule has 1 unspecified atom stereocenters. The summed E-state index contributed by atoms with van der Waals surface area (Å²) in [5.74, 6) is -0.0350. The number of rotatable bonds is 5. The largest absolute Gasteiger partial charge is 0.350 e. The molecule has 0 fully saturated rings. The van der Waals surface area contributed by atoms with Crippen LogP contribution in [-0.2, 0) is 0 Å². The highest BCUT2D eigenvalue weighted by Gasteiger charge is 2.09. The Balaban J connectivity index is 2.49.